The van der Waals surface area contributed by atoms with Crippen molar-refractivity contribution in [2.24, 2.45) is 5.73 Å². The number of amides is 1. The fourth-order valence-corrected chi connectivity index (χ4v) is 0.532. The summed E-state index contributed by atoms with van der Waals surface area (Å²) in [5.74, 6) is -0.293. The van der Waals surface area contributed by atoms with Crippen molar-refractivity contribution in [3.63, 3.8) is 0 Å². The van der Waals surface area contributed by atoms with Gasteiger partial charge in [0.15, 0.2) is 0 Å². The van der Waals surface area contributed by atoms with Crippen LogP contribution < -0.4 is 11.1 Å². The van der Waals surface area contributed by atoms with Crippen LogP contribution in [0.3, 0.4) is 0 Å². The number of carbonyl (C=O) groups excluding carboxylic acids is 1. The molecular formula is C6H11N3O. The molecule has 4 nitrogen and oxygen atoms in total. The van der Waals surface area contributed by atoms with E-state index in [0.717, 1.165) is 0 Å². The molecular weight excluding hydrogens is 130 g/mol. The summed E-state index contributed by atoms with van der Waals surface area (Å²) in [5.41, 5.74) is 4.88. The van der Waals surface area contributed by atoms with E-state index < -0.39 is 0 Å². The van der Waals surface area contributed by atoms with Gasteiger partial charge in [-0.3, -0.25) is 4.79 Å². The molecule has 0 aromatic rings. The highest BCUT2D eigenvalue weighted by Crippen LogP contribution is 1.82. The van der Waals surface area contributed by atoms with Crippen molar-refractivity contribution in [2.75, 3.05) is 13.1 Å². The maximum absolute atomic E-state index is 10.2. The summed E-state index contributed by atoms with van der Waals surface area (Å²) in [4.78, 5) is 10.2. The molecule has 4 heteroatoms. The summed E-state index contributed by atoms with van der Waals surface area (Å²) in [6, 6.07) is 1.93. The van der Waals surface area contributed by atoms with Crippen molar-refractivity contribution in [3.8, 4) is 6.07 Å². The van der Waals surface area contributed by atoms with Gasteiger partial charge >= 0.3 is 0 Å². The lowest BCUT2D eigenvalue weighted by Gasteiger charge is -1.95. The molecule has 0 aliphatic heterocycles. The fourth-order valence-electron chi connectivity index (χ4n) is 0.532. The second-order valence-corrected chi connectivity index (χ2v) is 1.90. The van der Waals surface area contributed by atoms with Gasteiger partial charge in [-0.25, -0.2) is 0 Å². The second-order valence-electron chi connectivity index (χ2n) is 1.90. The zero-order valence-corrected chi connectivity index (χ0v) is 5.76. The molecule has 0 unspecified atom stereocenters. The number of nitriles is 1. The van der Waals surface area contributed by atoms with Gasteiger partial charge in [-0.05, 0) is 13.0 Å². The number of rotatable bonds is 5. The minimum absolute atomic E-state index is 0.293. The van der Waals surface area contributed by atoms with Gasteiger partial charge in [0.1, 0.15) is 0 Å². The number of hydrogen-bond donors (Lipinski definition) is 2. The molecule has 0 aromatic heterocycles. The van der Waals surface area contributed by atoms with Crippen molar-refractivity contribution in [1.82, 2.24) is 5.32 Å². The molecule has 0 saturated heterocycles. The van der Waals surface area contributed by atoms with Gasteiger partial charge in [0.25, 0.3) is 0 Å². The summed E-state index contributed by atoms with van der Waals surface area (Å²) in [6.07, 6.45) is 1.09. The summed E-state index contributed by atoms with van der Waals surface area (Å²) >= 11 is 0. The van der Waals surface area contributed by atoms with Crippen molar-refractivity contribution in [3.05, 3.63) is 0 Å². The quantitative estimate of drug-likeness (QED) is 0.395. The molecule has 0 atom stereocenters. The molecule has 0 rings (SSSR count). The number of primary amides is 1. The first-order chi connectivity index (χ1) is 4.77. The van der Waals surface area contributed by atoms with Crippen molar-refractivity contribution in [1.29, 1.82) is 5.26 Å². The van der Waals surface area contributed by atoms with Crippen molar-refractivity contribution < 1.29 is 4.79 Å². The van der Waals surface area contributed by atoms with Crippen LogP contribution in [0.1, 0.15) is 12.8 Å². The first kappa shape index (κ1) is 8.92. The van der Waals surface area contributed by atoms with Crippen LogP contribution in [0.2, 0.25) is 0 Å². The molecule has 0 heterocycles. The Labute approximate surface area is 60.0 Å². The minimum Gasteiger partial charge on any atom is -0.370 e. The van der Waals surface area contributed by atoms with Gasteiger partial charge in [-0.2, -0.15) is 5.26 Å². The lowest BCUT2D eigenvalue weighted by molar-refractivity contribution is -0.118. The first-order valence-corrected chi connectivity index (χ1v) is 3.13. The normalized spacial score (nSPS) is 8.70. The minimum atomic E-state index is -0.293. The zero-order chi connectivity index (χ0) is 7.82. The van der Waals surface area contributed by atoms with Crippen LogP contribution in [0.15, 0.2) is 0 Å². The van der Waals surface area contributed by atoms with Gasteiger partial charge in [-0.15, -0.1) is 0 Å². The molecule has 0 aliphatic carbocycles. The van der Waals surface area contributed by atoms with E-state index in [0.29, 0.717) is 25.9 Å². The Balaban J connectivity index is 2.92. The standard InChI is InChI=1S/C6H11N3O/c7-3-5-9-4-1-2-6(8)10/h9H,1-2,4-5H2,(H2,8,10). The molecule has 56 valence electrons. The lowest BCUT2D eigenvalue weighted by Crippen LogP contribution is -2.18. The monoisotopic (exact) mass is 141 g/mol. The summed E-state index contributed by atoms with van der Waals surface area (Å²) in [7, 11) is 0. The van der Waals surface area contributed by atoms with E-state index in [4.69, 9.17) is 11.0 Å². The highest BCUT2D eigenvalue weighted by atomic mass is 16.1. The van der Waals surface area contributed by atoms with E-state index in [2.05, 4.69) is 5.32 Å². The third kappa shape index (κ3) is 6.92. The Morgan fingerprint density at radius 3 is 2.90 bits per heavy atom. The lowest BCUT2D eigenvalue weighted by atomic mass is 10.3. The third-order valence-electron chi connectivity index (χ3n) is 0.981. The van der Waals surface area contributed by atoms with Gasteiger partial charge < -0.3 is 11.1 Å². The number of nitrogens with one attached hydrogen (secondary N) is 1. The third-order valence-corrected chi connectivity index (χ3v) is 0.981. The molecule has 0 aliphatic rings. The van der Waals surface area contributed by atoms with Gasteiger partial charge in [0.05, 0.1) is 12.6 Å². The van der Waals surface area contributed by atoms with Gasteiger partial charge in [-0.1, -0.05) is 0 Å². The van der Waals surface area contributed by atoms with Crippen molar-refractivity contribution >= 4 is 5.91 Å². The maximum atomic E-state index is 10.2. The predicted octanol–water partition coefficient (Wildman–Crippen LogP) is -0.635. The number of hydrogen-bond acceptors (Lipinski definition) is 3. The average Bonchev–Trinajstić information content (AvgIpc) is 1.87. The maximum Gasteiger partial charge on any atom is 0.217 e. The van der Waals surface area contributed by atoms with E-state index in [9.17, 15) is 4.79 Å². The van der Waals surface area contributed by atoms with E-state index in [1.54, 1.807) is 0 Å². The van der Waals surface area contributed by atoms with Crippen LogP contribution >= 0.6 is 0 Å². The summed E-state index contributed by atoms with van der Waals surface area (Å²) < 4.78 is 0. The average molecular weight is 141 g/mol. The van der Waals surface area contributed by atoms with E-state index in [-0.39, 0.29) is 5.91 Å². The van der Waals surface area contributed by atoms with E-state index >= 15 is 0 Å². The molecule has 0 saturated carbocycles. The molecule has 1 amide bonds. The van der Waals surface area contributed by atoms with Crippen LogP contribution in [0, 0.1) is 11.3 Å². The second kappa shape index (κ2) is 6.05. The number of nitrogens with two attached hydrogens (primary N) is 1. The van der Waals surface area contributed by atoms with Crippen LogP contribution in [-0.4, -0.2) is 19.0 Å². The number of nitrogens with zero attached hydrogens (tertiary/aromatic N) is 1. The highest BCUT2D eigenvalue weighted by molar-refractivity contribution is 5.73. The van der Waals surface area contributed by atoms with E-state index in [1.165, 1.54) is 0 Å². The molecule has 0 fully saturated rings. The summed E-state index contributed by atoms with van der Waals surface area (Å²) in [5, 5.41) is 10.9. The first-order valence-electron chi connectivity index (χ1n) is 3.13. The SMILES string of the molecule is N#CCNCCCC(N)=O. The zero-order valence-electron chi connectivity index (χ0n) is 5.76. The predicted molar refractivity (Wildman–Crippen MR) is 36.9 cm³/mol. The topological polar surface area (TPSA) is 78.9 Å². The molecule has 0 spiro atoms. The Hall–Kier alpha value is -1.08. The van der Waals surface area contributed by atoms with Crippen LogP contribution in [-0.2, 0) is 4.79 Å². The highest BCUT2D eigenvalue weighted by Gasteiger charge is 1.91. The van der Waals surface area contributed by atoms with Crippen LogP contribution in [0.4, 0.5) is 0 Å². The molecule has 0 bridgehead atoms. The molecule has 3 N–H and O–H groups in total. The van der Waals surface area contributed by atoms with Crippen LogP contribution in [0.25, 0.3) is 0 Å². The summed E-state index contributed by atoms with van der Waals surface area (Å²) in [6.45, 7) is 1.01. The van der Waals surface area contributed by atoms with Gasteiger partial charge in [0, 0.05) is 6.42 Å². The van der Waals surface area contributed by atoms with E-state index in [1.807, 2.05) is 6.07 Å². The smallest absolute Gasteiger partial charge is 0.217 e. The van der Waals surface area contributed by atoms with Crippen molar-refractivity contribution in [2.45, 2.75) is 12.8 Å². The Morgan fingerprint density at radius 2 is 2.40 bits per heavy atom. The van der Waals surface area contributed by atoms with Crippen LogP contribution in [0.5, 0.6) is 0 Å². The molecule has 0 radical (unpaired) electrons. The fraction of sp³-hybridized carbons (Fsp3) is 0.667. The van der Waals surface area contributed by atoms with Gasteiger partial charge in [0.2, 0.25) is 5.91 Å². The largest absolute Gasteiger partial charge is 0.370 e. The molecule has 10 heavy (non-hydrogen) atoms. The number of carbonyl (C=O) groups is 1. The Morgan fingerprint density at radius 1 is 1.70 bits per heavy atom. The Kier molecular flexibility index (Phi) is 5.39. The molecule has 0 aromatic carbocycles. The Bertz CT molecular complexity index is 138.